The lowest BCUT2D eigenvalue weighted by molar-refractivity contribution is -0.114. The summed E-state index contributed by atoms with van der Waals surface area (Å²) < 4.78 is 0. The topological polar surface area (TPSA) is 142 Å². The van der Waals surface area contributed by atoms with Gasteiger partial charge < -0.3 is 20.2 Å². The second-order valence-electron chi connectivity index (χ2n) is 10.2. The molecule has 0 saturated heterocycles. The molecular weight excluding hydrogens is 534 g/mol. The molecule has 0 aliphatic carbocycles. The molecule has 0 bridgehead atoms. The molecule has 0 spiro atoms. The largest absolute Gasteiger partial charge is 0.465 e. The smallest absolute Gasteiger partial charge is 0.407 e. The van der Waals surface area contributed by atoms with Crippen LogP contribution in [0.5, 0.6) is 0 Å². The van der Waals surface area contributed by atoms with Crippen LogP contribution in [0.3, 0.4) is 0 Å². The van der Waals surface area contributed by atoms with Crippen molar-refractivity contribution in [1.82, 2.24) is 29.7 Å². The lowest BCUT2D eigenvalue weighted by Gasteiger charge is -2.28. The summed E-state index contributed by atoms with van der Waals surface area (Å²) in [5, 5.41) is 12.7. The first-order chi connectivity index (χ1) is 20.2. The maximum atomic E-state index is 14.0. The molecule has 4 heterocycles. The minimum Gasteiger partial charge on any atom is -0.465 e. The first-order valence-electron chi connectivity index (χ1n) is 13.6. The molecule has 0 radical (unpaired) electrons. The molecule has 4 aromatic rings. The van der Waals surface area contributed by atoms with Gasteiger partial charge in [-0.05, 0) is 73.4 Å². The van der Waals surface area contributed by atoms with Crippen LogP contribution in [0.25, 0.3) is 16.5 Å². The van der Waals surface area contributed by atoms with Crippen molar-refractivity contribution in [3.63, 3.8) is 0 Å². The Morgan fingerprint density at radius 1 is 1.10 bits per heavy atom. The molecule has 42 heavy (non-hydrogen) atoms. The number of nitrogens with one attached hydrogen (secondary N) is 1. The molecule has 3 amide bonds. The van der Waals surface area contributed by atoms with Gasteiger partial charge in [-0.1, -0.05) is 12.1 Å². The average Bonchev–Trinajstić information content (AvgIpc) is 3.00. The summed E-state index contributed by atoms with van der Waals surface area (Å²) in [4.78, 5) is 57.8. The van der Waals surface area contributed by atoms with Gasteiger partial charge in [-0.3, -0.25) is 14.6 Å². The van der Waals surface area contributed by atoms with E-state index in [1.54, 1.807) is 47.8 Å². The van der Waals surface area contributed by atoms with E-state index in [1.165, 1.54) is 11.8 Å². The molecule has 0 fully saturated rings. The highest BCUT2D eigenvalue weighted by Gasteiger charge is 2.26. The number of aromatic nitrogens is 4. The monoisotopic (exact) mass is 565 g/mol. The van der Waals surface area contributed by atoms with Gasteiger partial charge in [0.1, 0.15) is 11.6 Å². The second-order valence-corrected chi connectivity index (χ2v) is 10.2. The van der Waals surface area contributed by atoms with Gasteiger partial charge in [-0.2, -0.15) is 0 Å². The molecule has 214 valence electrons. The summed E-state index contributed by atoms with van der Waals surface area (Å²) in [6.07, 6.45) is 6.66. The van der Waals surface area contributed by atoms with Gasteiger partial charge in [0, 0.05) is 49.6 Å². The van der Waals surface area contributed by atoms with Crippen molar-refractivity contribution in [3.05, 3.63) is 95.3 Å². The summed E-state index contributed by atoms with van der Waals surface area (Å²) in [7, 11) is 0. The summed E-state index contributed by atoms with van der Waals surface area (Å²) in [5.41, 5.74) is 4.60. The predicted molar refractivity (Wildman–Crippen MR) is 158 cm³/mol. The maximum absolute atomic E-state index is 14.0. The third-order valence-corrected chi connectivity index (χ3v) is 7.24. The van der Waals surface area contributed by atoms with E-state index in [0.29, 0.717) is 47.9 Å². The van der Waals surface area contributed by atoms with Gasteiger partial charge in [-0.15, -0.1) is 0 Å². The number of amides is 3. The first-order valence-corrected chi connectivity index (χ1v) is 13.6. The molecule has 1 atom stereocenters. The number of carbonyl (C=O) groups is 3. The quantitative estimate of drug-likeness (QED) is 0.324. The summed E-state index contributed by atoms with van der Waals surface area (Å²) >= 11 is 0. The molecule has 1 aliphatic heterocycles. The van der Waals surface area contributed by atoms with Gasteiger partial charge >= 0.3 is 6.09 Å². The fraction of sp³-hybridized carbons (Fsp3) is 0.258. The van der Waals surface area contributed by atoms with E-state index in [-0.39, 0.29) is 18.4 Å². The highest BCUT2D eigenvalue weighted by molar-refractivity contribution is 5.99. The molecule has 1 aliphatic rings. The summed E-state index contributed by atoms with van der Waals surface area (Å²) in [5.74, 6) is 0.584. The molecule has 0 saturated carbocycles. The van der Waals surface area contributed by atoms with Gasteiger partial charge in [0.05, 0.1) is 23.8 Å². The Kier molecular flexibility index (Phi) is 8.19. The fourth-order valence-electron chi connectivity index (χ4n) is 4.91. The number of hydrogen-bond acceptors (Lipinski definition) is 7. The van der Waals surface area contributed by atoms with Gasteiger partial charge in [0.15, 0.2) is 0 Å². The van der Waals surface area contributed by atoms with Crippen LogP contribution in [0.15, 0.2) is 67.1 Å². The Morgan fingerprint density at radius 2 is 1.88 bits per heavy atom. The Morgan fingerprint density at radius 3 is 2.52 bits per heavy atom. The number of nitrogens with zero attached hydrogens (tertiary/aromatic N) is 6. The number of pyridine rings is 2. The molecule has 5 rings (SSSR count). The zero-order valence-electron chi connectivity index (χ0n) is 23.6. The van der Waals surface area contributed by atoms with E-state index < -0.39 is 12.1 Å². The standard InChI is InChI=1S/C31H31N7O4/c1-19-15-25-16-23(6-8-27(25)36-28(19)35-21(3)39)30(40)38(20(2)29-32-11-4-12-33-29)18-26-7-5-24(17-34-26)22-9-13-37(14-10-22)31(41)42/h4-9,11-12,15-17,20H,10,13-14,18H2,1-3H3,(H,41,42)(H,35,36,39)/t20-/m1/s1. The van der Waals surface area contributed by atoms with E-state index in [0.717, 1.165) is 22.1 Å². The summed E-state index contributed by atoms with van der Waals surface area (Å²) in [6, 6.07) is 12.3. The second kappa shape index (κ2) is 12.1. The third-order valence-electron chi connectivity index (χ3n) is 7.24. The van der Waals surface area contributed by atoms with Gasteiger partial charge in [-0.25, -0.2) is 19.7 Å². The van der Waals surface area contributed by atoms with E-state index in [4.69, 9.17) is 0 Å². The van der Waals surface area contributed by atoms with Crippen LogP contribution in [0, 0.1) is 6.92 Å². The maximum Gasteiger partial charge on any atom is 0.407 e. The molecule has 0 unspecified atom stereocenters. The van der Waals surface area contributed by atoms with E-state index >= 15 is 0 Å². The number of rotatable bonds is 7. The van der Waals surface area contributed by atoms with Crippen LogP contribution < -0.4 is 5.32 Å². The minimum atomic E-state index is -0.924. The van der Waals surface area contributed by atoms with E-state index in [2.05, 4.69) is 25.3 Å². The van der Waals surface area contributed by atoms with Crippen molar-refractivity contribution in [3.8, 4) is 0 Å². The van der Waals surface area contributed by atoms with Crippen LogP contribution in [0.1, 0.15) is 59.3 Å². The lowest BCUT2D eigenvalue weighted by Crippen LogP contribution is -2.34. The Labute approximate surface area is 243 Å². The number of aryl methyl sites for hydroxylation is 1. The number of carboxylic acid groups (broad SMARTS) is 1. The van der Waals surface area contributed by atoms with Crippen LogP contribution in [0.2, 0.25) is 0 Å². The molecule has 2 N–H and O–H groups in total. The van der Waals surface area contributed by atoms with Crippen LogP contribution in [-0.4, -0.2) is 65.8 Å². The van der Waals surface area contributed by atoms with Crippen molar-refractivity contribution in [1.29, 1.82) is 0 Å². The predicted octanol–water partition coefficient (Wildman–Crippen LogP) is 4.86. The number of carbonyl (C=O) groups excluding carboxylic acids is 2. The Hall–Kier alpha value is -5.19. The van der Waals surface area contributed by atoms with Crippen LogP contribution >= 0.6 is 0 Å². The molecule has 3 aromatic heterocycles. The number of benzene rings is 1. The highest BCUT2D eigenvalue weighted by atomic mass is 16.4. The number of fused-ring (bicyclic) bond motifs is 1. The lowest BCUT2D eigenvalue weighted by atomic mass is 10.0. The number of anilines is 1. The molecular formula is C31H31N7O4. The number of hydrogen-bond donors (Lipinski definition) is 2. The minimum absolute atomic E-state index is 0.202. The highest BCUT2D eigenvalue weighted by Crippen LogP contribution is 2.27. The first kappa shape index (κ1) is 28.3. The third kappa shape index (κ3) is 6.25. The van der Waals surface area contributed by atoms with Gasteiger partial charge in [0.25, 0.3) is 5.91 Å². The zero-order valence-corrected chi connectivity index (χ0v) is 23.6. The Bertz CT molecular complexity index is 1670. The van der Waals surface area contributed by atoms with E-state index in [1.807, 2.05) is 38.1 Å². The normalized spacial score (nSPS) is 13.8. The van der Waals surface area contributed by atoms with Crippen LogP contribution in [-0.2, 0) is 11.3 Å². The molecule has 1 aromatic carbocycles. The fourth-order valence-corrected chi connectivity index (χ4v) is 4.91. The van der Waals surface area contributed by atoms with Crippen molar-refractivity contribution < 1.29 is 19.5 Å². The van der Waals surface area contributed by atoms with Crippen molar-refractivity contribution in [2.45, 2.75) is 39.8 Å². The average molecular weight is 566 g/mol. The molecule has 11 heteroatoms. The SMILES string of the molecule is CC(=O)Nc1nc2ccc(C(=O)N(Cc3ccc(C4=CCN(C(=O)O)CC4)cn3)[C@H](C)c3ncccn3)cc2cc1C. The Balaban J connectivity index is 1.42. The summed E-state index contributed by atoms with van der Waals surface area (Å²) in [6.45, 7) is 6.18. The van der Waals surface area contributed by atoms with Crippen LogP contribution in [0.4, 0.5) is 10.6 Å². The van der Waals surface area contributed by atoms with E-state index in [9.17, 15) is 19.5 Å². The van der Waals surface area contributed by atoms with Crippen molar-refractivity contribution >= 4 is 40.2 Å². The van der Waals surface area contributed by atoms with Crippen molar-refractivity contribution in [2.24, 2.45) is 0 Å². The molecule has 11 nitrogen and oxygen atoms in total. The van der Waals surface area contributed by atoms with Gasteiger partial charge in [0.2, 0.25) is 5.91 Å². The van der Waals surface area contributed by atoms with Crippen molar-refractivity contribution in [2.75, 3.05) is 18.4 Å². The zero-order chi connectivity index (χ0) is 29.8.